The standard InChI is InChI=1S/C24H26ClFN2O4/c1-24(2,3)32-23(30)28-11-9-14(10-12-28)16-5-4-6-19-20(16)31-21(22(29)27-19)17-8-7-15(25)13-18(17)26/h4-8,13-14,21H,9-12H2,1-3H3,(H,27,29). The molecule has 1 unspecified atom stereocenters. The third-order valence-electron chi connectivity index (χ3n) is 5.61. The van der Waals surface area contributed by atoms with Crippen LogP contribution < -0.4 is 10.1 Å². The Hall–Kier alpha value is -2.80. The number of carbonyl (C=O) groups is 2. The van der Waals surface area contributed by atoms with Crippen LogP contribution in [-0.2, 0) is 9.53 Å². The molecular formula is C24H26ClFN2O4. The van der Waals surface area contributed by atoms with Gasteiger partial charge in [0.15, 0.2) is 0 Å². The van der Waals surface area contributed by atoms with Crippen molar-refractivity contribution in [2.75, 3.05) is 18.4 Å². The number of amides is 2. The summed E-state index contributed by atoms with van der Waals surface area (Å²) in [6.07, 6.45) is 0.0375. The van der Waals surface area contributed by atoms with E-state index >= 15 is 0 Å². The molecule has 8 heteroatoms. The predicted octanol–water partition coefficient (Wildman–Crippen LogP) is 5.67. The molecule has 0 aromatic heterocycles. The first-order valence-electron chi connectivity index (χ1n) is 10.7. The van der Waals surface area contributed by atoms with E-state index in [0.29, 0.717) is 24.5 Å². The smallest absolute Gasteiger partial charge is 0.410 e. The minimum absolute atomic E-state index is 0.132. The van der Waals surface area contributed by atoms with Crippen molar-refractivity contribution in [3.63, 3.8) is 0 Å². The summed E-state index contributed by atoms with van der Waals surface area (Å²) >= 11 is 5.85. The molecule has 1 N–H and O–H groups in total. The fourth-order valence-corrected chi connectivity index (χ4v) is 4.25. The van der Waals surface area contributed by atoms with Gasteiger partial charge in [0.05, 0.1) is 5.69 Å². The van der Waals surface area contributed by atoms with Crippen LogP contribution in [-0.4, -0.2) is 35.6 Å². The number of fused-ring (bicyclic) bond motifs is 1. The number of hydrogen-bond donors (Lipinski definition) is 1. The Bertz CT molecular complexity index is 1040. The Labute approximate surface area is 191 Å². The van der Waals surface area contributed by atoms with Crippen molar-refractivity contribution >= 4 is 29.3 Å². The summed E-state index contributed by atoms with van der Waals surface area (Å²) in [6, 6.07) is 9.75. The molecule has 1 fully saturated rings. The number of piperidine rings is 1. The van der Waals surface area contributed by atoms with Crippen LogP contribution in [0.1, 0.15) is 56.8 Å². The molecule has 0 bridgehead atoms. The number of likely N-dealkylation sites (tertiary alicyclic amines) is 1. The zero-order valence-corrected chi connectivity index (χ0v) is 19.0. The average molecular weight is 461 g/mol. The summed E-state index contributed by atoms with van der Waals surface area (Å²) in [6.45, 7) is 6.66. The molecule has 1 atom stereocenters. The Balaban J connectivity index is 1.53. The Morgan fingerprint density at radius 3 is 2.56 bits per heavy atom. The molecule has 2 heterocycles. The lowest BCUT2D eigenvalue weighted by Gasteiger charge is -2.35. The Kier molecular flexibility index (Phi) is 6.03. The van der Waals surface area contributed by atoms with Gasteiger partial charge < -0.3 is 19.7 Å². The number of carbonyl (C=O) groups excluding carboxylic acids is 2. The summed E-state index contributed by atoms with van der Waals surface area (Å²) in [5, 5.41) is 3.08. The highest BCUT2D eigenvalue weighted by molar-refractivity contribution is 6.30. The quantitative estimate of drug-likeness (QED) is 0.627. The van der Waals surface area contributed by atoms with Crippen LogP contribution >= 0.6 is 11.6 Å². The van der Waals surface area contributed by atoms with E-state index in [-0.39, 0.29) is 22.6 Å². The van der Waals surface area contributed by atoms with Crippen LogP contribution in [0.2, 0.25) is 5.02 Å². The molecule has 6 nitrogen and oxygen atoms in total. The van der Waals surface area contributed by atoms with Crippen LogP contribution in [0.15, 0.2) is 36.4 Å². The molecule has 1 saturated heterocycles. The van der Waals surface area contributed by atoms with Gasteiger partial charge in [-0.1, -0.05) is 29.8 Å². The first-order chi connectivity index (χ1) is 15.1. The topological polar surface area (TPSA) is 67.9 Å². The van der Waals surface area contributed by atoms with E-state index in [1.165, 1.54) is 18.2 Å². The van der Waals surface area contributed by atoms with Gasteiger partial charge in [-0.05, 0) is 63.3 Å². The van der Waals surface area contributed by atoms with Crippen LogP contribution in [0.25, 0.3) is 0 Å². The molecule has 2 aromatic rings. The van der Waals surface area contributed by atoms with Gasteiger partial charge in [0, 0.05) is 23.7 Å². The van der Waals surface area contributed by atoms with Crippen LogP contribution in [0.5, 0.6) is 5.75 Å². The van der Waals surface area contributed by atoms with Crippen LogP contribution in [0.4, 0.5) is 14.9 Å². The van der Waals surface area contributed by atoms with Gasteiger partial charge in [-0.25, -0.2) is 9.18 Å². The lowest BCUT2D eigenvalue weighted by molar-refractivity contribution is -0.123. The number of nitrogens with zero attached hydrogens (tertiary/aromatic N) is 1. The van der Waals surface area contributed by atoms with Crippen molar-refractivity contribution in [2.24, 2.45) is 0 Å². The molecule has 0 radical (unpaired) electrons. The molecule has 2 amide bonds. The van der Waals surface area contributed by atoms with Gasteiger partial charge in [0.2, 0.25) is 6.10 Å². The average Bonchev–Trinajstić information content (AvgIpc) is 2.72. The highest BCUT2D eigenvalue weighted by Crippen LogP contribution is 2.43. The lowest BCUT2D eigenvalue weighted by Crippen LogP contribution is -2.41. The summed E-state index contributed by atoms with van der Waals surface area (Å²) in [7, 11) is 0. The molecule has 4 rings (SSSR count). The predicted molar refractivity (Wildman–Crippen MR) is 120 cm³/mol. The van der Waals surface area contributed by atoms with Crippen molar-refractivity contribution in [1.82, 2.24) is 4.90 Å². The highest BCUT2D eigenvalue weighted by atomic mass is 35.5. The molecule has 170 valence electrons. The number of para-hydroxylation sites is 1. The molecule has 2 aliphatic rings. The normalized spacial score (nSPS) is 19.1. The number of hydrogen-bond acceptors (Lipinski definition) is 4. The third kappa shape index (κ3) is 4.67. The van der Waals surface area contributed by atoms with Gasteiger partial charge >= 0.3 is 6.09 Å². The number of benzene rings is 2. The monoisotopic (exact) mass is 460 g/mol. The third-order valence-corrected chi connectivity index (χ3v) is 5.84. The van der Waals surface area contributed by atoms with Gasteiger partial charge in [0.1, 0.15) is 17.2 Å². The van der Waals surface area contributed by atoms with E-state index in [1.807, 2.05) is 32.9 Å². The Morgan fingerprint density at radius 2 is 1.91 bits per heavy atom. The van der Waals surface area contributed by atoms with Crippen molar-refractivity contribution in [1.29, 1.82) is 0 Å². The Morgan fingerprint density at radius 1 is 1.19 bits per heavy atom. The van der Waals surface area contributed by atoms with E-state index in [1.54, 1.807) is 11.0 Å². The van der Waals surface area contributed by atoms with Crippen molar-refractivity contribution in [3.8, 4) is 5.75 Å². The maximum Gasteiger partial charge on any atom is 0.410 e. The van der Waals surface area contributed by atoms with E-state index < -0.39 is 23.4 Å². The van der Waals surface area contributed by atoms with Gasteiger partial charge in [0.25, 0.3) is 5.91 Å². The number of ether oxygens (including phenoxy) is 2. The minimum Gasteiger partial charge on any atom is -0.473 e. The number of rotatable bonds is 2. The first-order valence-corrected chi connectivity index (χ1v) is 11.0. The van der Waals surface area contributed by atoms with Crippen molar-refractivity contribution in [3.05, 3.63) is 58.4 Å². The van der Waals surface area contributed by atoms with E-state index in [9.17, 15) is 14.0 Å². The maximum absolute atomic E-state index is 14.5. The molecular weight excluding hydrogens is 435 g/mol. The van der Waals surface area contributed by atoms with Crippen LogP contribution in [0.3, 0.4) is 0 Å². The minimum atomic E-state index is -1.11. The van der Waals surface area contributed by atoms with Gasteiger partial charge in [-0.2, -0.15) is 0 Å². The molecule has 0 saturated carbocycles. The van der Waals surface area contributed by atoms with Crippen molar-refractivity contribution < 1.29 is 23.5 Å². The second kappa shape index (κ2) is 8.62. The maximum atomic E-state index is 14.5. The second-order valence-corrected chi connectivity index (χ2v) is 9.56. The number of halogens is 2. The second-order valence-electron chi connectivity index (χ2n) is 9.12. The lowest BCUT2D eigenvalue weighted by atomic mass is 9.88. The molecule has 2 aliphatic heterocycles. The molecule has 0 aliphatic carbocycles. The number of anilines is 1. The summed E-state index contributed by atoms with van der Waals surface area (Å²) < 4.78 is 26.0. The van der Waals surface area contributed by atoms with E-state index in [4.69, 9.17) is 21.1 Å². The van der Waals surface area contributed by atoms with Crippen LogP contribution in [0, 0.1) is 5.82 Å². The summed E-state index contributed by atoms with van der Waals surface area (Å²) in [4.78, 5) is 26.7. The number of nitrogens with one attached hydrogen (secondary N) is 1. The molecule has 0 spiro atoms. The van der Waals surface area contributed by atoms with E-state index in [0.717, 1.165) is 18.4 Å². The fourth-order valence-electron chi connectivity index (χ4n) is 4.09. The first kappa shape index (κ1) is 22.4. The zero-order valence-electron chi connectivity index (χ0n) is 18.3. The van der Waals surface area contributed by atoms with E-state index in [2.05, 4.69) is 5.32 Å². The molecule has 2 aromatic carbocycles. The summed E-state index contributed by atoms with van der Waals surface area (Å²) in [5.74, 6) is -0.351. The highest BCUT2D eigenvalue weighted by Gasteiger charge is 2.35. The largest absolute Gasteiger partial charge is 0.473 e. The fraction of sp³-hybridized carbons (Fsp3) is 0.417. The van der Waals surface area contributed by atoms with Gasteiger partial charge in [-0.15, -0.1) is 0 Å². The van der Waals surface area contributed by atoms with Gasteiger partial charge in [-0.3, -0.25) is 4.79 Å². The van der Waals surface area contributed by atoms with Crippen molar-refractivity contribution in [2.45, 2.75) is 51.2 Å². The molecule has 32 heavy (non-hydrogen) atoms. The zero-order chi connectivity index (χ0) is 23.0. The summed E-state index contributed by atoms with van der Waals surface area (Å²) in [5.41, 5.74) is 1.09. The SMILES string of the molecule is CC(C)(C)OC(=O)N1CCC(c2cccc3c2OC(c2ccc(Cl)cc2F)C(=O)N3)CC1.